The van der Waals surface area contributed by atoms with Crippen LogP contribution in [-0.2, 0) is 16.1 Å². The van der Waals surface area contributed by atoms with Gasteiger partial charge in [-0.2, -0.15) is 4.98 Å². The van der Waals surface area contributed by atoms with Crippen LogP contribution in [0.2, 0.25) is 5.02 Å². The molecule has 2 fully saturated rings. The minimum absolute atomic E-state index is 0.00154. The second kappa shape index (κ2) is 11.8. The van der Waals surface area contributed by atoms with Crippen molar-refractivity contribution in [2.45, 2.75) is 64.0 Å². The van der Waals surface area contributed by atoms with Gasteiger partial charge in [-0.15, -0.1) is 0 Å². The maximum absolute atomic E-state index is 12.6. The summed E-state index contributed by atoms with van der Waals surface area (Å²) in [6, 6.07) is 7.40. The zero-order valence-corrected chi connectivity index (χ0v) is 19.4. The van der Waals surface area contributed by atoms with Gasteiger partial charge in [-0.3, -0.25) is 9.69 Å². The standard InChI is InChI=1S/C24H33ClN4O3/c25-20-9-4-7-18(15-20)23-27-22(32-28-23)17-29-13-5-8-19(16-29)24(30)26-12-6-14-31-21-10-2-1-3-11-21/h4,7,9,15,19,21H,1-3,5-6,8,10-14,16-17H2,(H,26,30). The number of nitrogens with one attached hydrogen (secondary N) is 1. The summed E-state index contributed by atoms with van der Waals surface area (Å²) in [5.74, 6) is 1.22. The van der Waals surface area contributed by atoms with Crippen molar-refractivity contribution >= 4 is 17.5 Å². The molecule has 1 saturated carbocycles. The first-order valence-corrected chi connectivity index (χ1v) is 12.3. The van der Waals surface area contributed by atoms with Gasteiger partial charge in [0.2, 0.25) is 17.6 Å². The molecule has 1 unspecified atom stereocenters. The number of benzene rings is 1. The predicted molar refractivity (Wildman–Crippen MR) is 123 cm³/mol. The Hall–Kier alpha value is -1.96. The van der Waals surface area contributed by atoms with Gasteiger partial charge in [-0.25, -0.2) is 0 Å². The normalized spacial score (nSPS) is 20.3. The van der Waals surface area contributed by atoms with E-state index >= 15 is 0 Å². The number of carbonyl (C=O) groups excluding carboxylic acids is 1. The number of ether oxygens (including phenoxy) is 1. The zero-order valence-electron chi connectivity index (χ0n) is 18.6. The topological polar surface area (TPSA) is 80.5 Å². The fraction of sp³-hybridized carbons (Fsp3) is 0.625. The van der Waals surface area contributed by atoms with Crippen LogP contribution in [0, 0.1) is 5.92 Å². The van der Waals surface area contributed by atoms with Crippen molar-refractivity contribution in [3.63, 3.8) is 0 Å². The van der Waals surface area contributed by atoms with Crippen LogP contribution in [0.4, 0.5) is 0 Å². The first-order valence-electron chi connectivity index (χ1n) is 11.9. The molecule has 2 aromatic rings. The molecule has 7 nitrogen and oxygen atoms in total. The van der Waals surface area contributed by atoms with Crippen LogP contribution < -0.4 is 5.32 Å². The van der Waals surface area contributed by atoms with Crippen molar-refractivity contribution < 1.29 is 14.1 Å². The summed E-state index contributed by atoms with van der Waals surface area (Å²) in [5.41, 5.74) is 0.830. The van der Waals surface area contributed by atoms with E-state index in [0.717, 1.165) is 38.0 Å². The first kappa shape index (κ1) is 23.2. The Balaban J connectivity index is 1.18. The molecule has 1 aromatic heterocycles. The Morgan fingerprint density at radius 3 is 2.94 bits per heavy atom. The third kappa shape index (κ3) is 6.77. The van der Waals surface area contributed by atoms with Crippen LogP contribution in [0.3, 0.4) is 0 Å². The van der Waals surface area contributed by atoms with Crippen molar-refractivity contribution in [1.82, 2.24) is 20.4 Å². The lowest BCUT2D eigenvalue weighted by Crippen LogP contribution is -2.43. The SMILES string of the molecule is O=C(NCCCOC1CCCCC1)C1CCCN(Cc2nc(-c3cccc(Cl)c3)no2)C1. The molecule has 0 bridgehead atoms. The molecule has 174 valence electrons. The number of hydrogen-bond donors (Lipinski definition) is 1. The highest BCUT2D eigenvalue weighted by atomic mass is 35.5. The van der Waals surface area contributed by atoms with Gasteiger partial charge in [-0.05, 0) is 50.8 Å². The summed E-state index contributed by atoms with van der Waals surface area (Å²) < 4.78 is 11.4. The third-order valence-electron chi connectivity index (χ3n) is 6.31. The third-order valence-corrected chi connectivity index (χ3v) is 6.55. The van der Waals surface area contributed by atoms with Gasteiger partial charge < -0.3 is 14.6 Å². The van der Waals surface area contributed by atoms with Gasteiger partial charge in [-0.1, -0.05) is 48.2 Å². The molecule has 1 aliphatic carbocycles. The Kier molecular flexibility index (Phi) is 8.54. The largest absolute Gasteiger partial charge is 0.378 e. The molecule has 1 saturated heterocycles. The highest BCUT2D eigenvalue weighted by molar-refractivity contribution is 6.30. The lowest BCUT2D eigenvalue weighted by Gasteiger charge is -2.30. The molecule has 2 aliphatic rings. The van der Waals surface area contributed by atoms with Crippen LogP contribution in [0.5, 0.6) is 0 Å². The van der Waals surface area contributed by atoms with Crippen LogP contribution >= 0.6 is 11.6 Å². The summed E-state index contributed by atoms with van der Waals surface area (Å²) in [4.78, 5) is 19.4. The van der Waals surface area contributed by atoms with E-state index in [2.05, 4.69) is 20.4 Å². The Labute approximate surface area is 194 Å². The average Bonchev–Trinajstić information content (AvgIpc) is 3.28. The Morgan fingerprint density at radius 2 is 2.09 bits per heavy atom. The number of carbonyl (C=O) groups is 1. The van der Waals surface area contributed by atoms with Crippen molar-refractivity contribution in [3.05, 3.63) is 35.2 Å². The maximum atomic E-state index is 12.6. The molecule has 1 atom stereocenters. The van der Waals surface area contributed by atoms with Crippen molar-refractivity contribution in [2.24, 2.45) is 5.92 Å². The number of halogens is 1. The van der Waals surface area contributed by atoms with Gasteiger partial charge in [0.1, 0.15) is 0 Å². The quantitative estimate of drug-likeness (QED) is 0.556. The molecule has 8 heteroatoms. The van der Waals surface area contributed by atoms with E-state index in [-0.39, 0.29) is 11.8 Å². The molecule has 1 amide bonds. The Bertz CT molecular complexity index is 868. The van der Waals surface area contributed by atoms with Crippen molar-refractivity contribution in [1.29, 1.82) is 0 Å². The van der Waals surface area contributed by atoms with Crippen LogP contribution in [-0.4, -0.2) is 53.3 Å². The summed E-state index contributed by atoms with van der Waals surface area (Å²) >= 11 is 6.05. The molecule has 0 spiro atoms. The molecule has 1 aliphatic heterocycles. The highest BCUT2D eigenvalue weighted by Gasteiger charge is 2.26. The van der Waals surface area contributed by atoms with Crippen LogP contribution in [0.15, 0.2) is 28.8 Å². The summed E-state index contributed by atoms with van der Waals surface area (Å²) in [6.07, 6.45) is 9.47. The highest BCUT2D eigenvalue weighted by Crippen LogP contribution is 2.23. The van der Waals surface area contributed by atoms with Gasteiger partial charge in [0.15, 0.2) is 0 Å². The number of aromatic nitrogens is 2. The lowest BCUT2D eigenvalue weighted by molar-refractivity contribution is -0.126. The molecule has 32 heavy (non-hydrogen) atoms. The fourth-order valence-electron chi connectivity index (χ4n) is 4.58. The summed E-state index contributed by atoms with van der Waals surface area (Å²) in [7, 11) is 0. The number of rotatable bonds is 9. The lowest BCUT2D eigenvalue weighted by atomic mass is 9.97. The van der Waals surface area contributed by atoms with Crippen molar-refractivity contribution in [3.8, 4) is 11.4 Å². The fourth-order valence-corrected chi connectivity index (χ4v) is 4.77. The molecule has 0 radical (unpaired) electrons. The molecule has 4 rings (SSSR count). The van der Waals surface area contributed by atoms with Gasteiger partial charge in [0.05, 0.1) is 18.6 Å². The monoisotopic (exact) mass is 460 g/mol. The number of likely N-dealkylation sites (tertiary alicyclic amines) is 1. The van der Waals surface area contributed by atoms with E-state index in [9.17, 15) is 4.79 Å². The number of nitrogens with zero attached hydrogens (tertiary/aromatic N) is 3. The maximum Gasteiger partial charge on any atom is 0.241 e. The second-order valence-corrected chi connectivity index (χ2v) is 9.31. The summed E-state index contributed by atoms with van der Waals surface area (Å²) in [6.45, 7) is 3.59. The molecule has 2 heterocycles. The van der Waals surface area contributed by atoms with Crippen molar-refractivity contribution in [2.75, 3.05) is 26.2 Å². The number of piperidine rings is 1. The molecular formula is C24H33ClN4O3. The number of hydrogen-bond acceptors (Lipinski definition) is 6. The molecule has 1 N–H and O–H groups in total. The van der Waals surface area contributed by atoms with E-state index in [4.69, 9.17) is 20.9 Å². The predicted octanol–water partition coefficient (Wildman–Crippen LogP) is 4.46. The summed E-state index contributed by atoms with van der Waals surface area (Å²) in [5, 5.41) is 7.81. The minimum atomic E-state index is -0.00154. The Morgan fingerprint density at radius 1 is 1.22 bits per heavy atom. The van der Waals surface area contributed by atoms with Gasteiger partial charge >= 0.3 is 0 Å². The second-order valence-electron chi connectivity index (χ2n) is 8.87. The average molecular weight is 461 g/mol. The van der Waals surface area contributed by atoms with Crippen LogP contribution in [0.1, 0.15) is 57.3 Å². The van der Waals surface area contributed by atoms with Crippen LogP contribution in [0.25, 0.3) is 11.4 Å². The number of amides is 1. The van der Waals surface area contributed by atoms with E-state index in [0.29, 0.717) is 42.5 Å². The molecule has 1 aromatic carbocycles. The van der Waals surface area contributed by atoms with E-state index in [1.807, 2.05) is 24.3 Å². The first-order chi connectivity index (χ1) is 15.7. The van der Waals surface area contributed by atoms with E-state index in [1.165, 1.54) is 32.1 Å². The molecular weight excluding hydrogens is 428 g/mol. The van der Waals surface area contributed by atoms with E-state index < -0.39 is 0 Å². The minimum Gasteiger partial charge on any atom is -0.378 e. The zero-order chi connectivity index (χ0) is 22.2. The van der Waals surface area contributed by atoms with Gasteiger partial charge in [0.25, 0.3) is 0 Å². The van der Waals surface area contributed by atoms with Gasteiger partial charge in [0, 0.05) is 30.3 Å². The smallest absolute Gasteiger partial charge is 0.241 e. The van der Waals surface area contributed by atoms with E-state index in [1.54, 1.807) is 0 Å².